The summed E-state index contributed by atoms with van der Waals surface area (Å²) in [5.41, 5.74) is 2.66. The standard InChI is InChI=1S/C23H31N3O/c1-2-21(22-11-7-4-8-12-22)17-24-23(27)19-26-15-13-25(14-16-26)18-20-9-5-3-6-10-20/h3-12,21H,2,13-19H2,1H3,(H,24,27)/t21-/m1/s1. The smallest absolute Gasteiger partial charge is 0.234 e. The minimum atomic E-state index is 0.140. The van der Waals surface area contributed by atoms with Crippen LogP contribution >= 0.6 is 0 Å². The molecule has 1 atom stereocenters. The summed E-state index contributed by atoms with van der Waals surface area (Å²) >= 11 is 0. The maximum Gasteiger partial charge on any atom is 0.234 e. The summed E-state index contributed by atoms with van der Waals surface area (Å²) in [6.07, 6.45) is 1.03. The molecule has 4 nitrogen and oxygen atoms in total. The van der Waals surface area contributed by atoms with Crippen molar-refractivity contribution in [2.75, 3.05) is 39.3 Å². The van der Waals surface area contributed by atoms with Gasteiger partial charge in [0.2, 0.25) is 5.91 Å². The summed E-state index contributed by atoms with van der Waals surface area (Å²) in [5.74, 6) is 0.527. The first-order valence-electron chi connectivity index (χ1n) is 10.0. The number of amides is 1. The fraction of sp³-hybridized carbons (Fsp3) is 0.435. The number of piperazine rings is 1. The van der Waals surface area contributed by atoms with Crippen LogP contribution in [0.1, 0.15) is 30.4 Å². The van der Waals surface area contributed by atoms with Crippen LogP contribution in [0.3, 0.4) is 0 Å². The number of carbonyl (C=O) groups is 1. The van der Waals surface area contributed by atoms with Crippen LogP contribution in [-0.2, 0) is 11.3 Å². The molecule has 3 rings (SSSR count). The Balaban J connectivity index is 1.38. The third-order valence-electron chi connectivity index (χ3n) is 5.39. The SMILES string of the molecule is CC[C@H](CNC(=O)CN1CCN(Cc2ccccc2)CC1)c1ccccc1. The number of hydrogen-bond donors (Lipinski definition) is 1. The first kappa shape index (κ1) is 19.6. The summed E-state index contributed by atoms with van der Waals surface area (Å²) in [5, 5.41) is 3.14. The molecule has 1 aliphatic heterocycles. The van der Waals surface area contributed by atoms with E-state index in [0.29, 0.717) is 19.0 Å². The topological polar surface area (TPSA) is 35.6 Å². The van der Waals surface area contributed by atoms with Crippen LogP contribution in [0.4, 0.5) is 0 Å². The number of benzene rings is 2. The highest BCUT2D eigenvalue weighted by atomic mass is 16.2. The molecular weight excluding hydrogens is 334 g/mol. The molecule has 27 heavy (non-hydrogen) atoms. The molecule has 1 aliphatic rings. The number of nitrogens with one attached hydrogen (secondary N) is 1. The molecule has 0 aromatic heterocycles. The largest absolute Gasteiger partial charge is 0.354 e. The van der Waals surface area contributed by atoms with E-state index < -0.39 is 0 Å². The van der Waals surface area contributed by atoms with Gasteiger partial charge in [0, 0.05) is 45.2 Å². The van der Waals surface area contributed by atoms with Crippen molar-refractivity contribution in [3.8, 4) is 0 Å². The van der Waals surface area contributed by atoms with Gasteiger partial charge in [-0.15, -0.1) is 0 Å². The third-order valence-corrected chi connectivity index (χ3v) is 5.39. The Morgan fingerprint density at radius 1 is 0.926 bits per heavy atom. The highest BCUT2D eigenvalue weighted by Gasteiger charge is 2.19. The molecular formula is C23H31N3O. The van der Waals surface area contributed by atoms with Crippen LogP contribution in [0.15, 0.2) is 60.7 Å². The Morgan fingerprint density at radius 3 is 2.15 bits per heavy atom. The van der Waals surface area contributed by atoms with Crippen molar-refractivity contribution in [3.63, 3.8) is 0 Å². The molecule has 1 amide bonds. The van der Waals surface area contributed by atoms with Crippen LogP contribution in [-0.4, -0.2) is 55.0 Å². The van der Waals surface area contributed by atoms with Gasteiger partial charge in [-0.05, 0) is 17.5 Å². The van der Waals surface area contributed by atoms with Crippen molar-refractivity contribution in [2.24, 2.45) is 0 Å². The van der Waals surface area contributed by atoms with E-state index in [1.807, 2.05) is 6.07 Å². The fourth-order valence-corrected chi connectivity index (χ4v) is 3.67. The zero-order chi connectivity index (χ0) is 18.9. The molecule has 0 bridgehead atoms. The quantitative estimate of drug-likeness (QED) is 0.781. The van der Waals surface area contributed by atoms with E-state index >= 15 is 0 Å². The minimum Gasteiger partial charge on any atom is -0.354 e. The van der Waals surface area contributed by atoms with Crippen LogP contribution in [0.25, 0.3) is 0 Å². The average molecular weight is 366 g/mol. The van der Waals surface area contributed by atoms with Crippen molar-refractivity contribution >= 4 is 5.91 Å². The van der Waals surface area contributed by atoms with Gasteiger partial charge in [-0.25, -0.2) is 0 Å². The summed E-state index contributed by atoms with van der Waals surface area (Å²) in [6.45, 7) is 8.34. The van der Waals surface area contributed by atoms with Gasteiger partial charge in [0.15, 0.2) is 0 Å². The second-order valence-electron chi connectivity index (χ2n) is 7.36. The van der Waals surface area contributed by atoms with Gasteiger partial charge in [-0.2, -0.15) is 0 Å². The fourth-order valence-electron chi connectivity index (χ4n) is 3.67. The average Bonchev–Trinajstić information content (AvgIpc) is 2.71. The van der Waals surface area contributed by atoms with Gasteiger partial charge in [0.25, 0.3) is 0 Å². The molecule has 2 aromatic rings. The first-order valence-corrected chi connectivity index (χ1v) is 10.0. The highest BCUT2D eigenvalue weighted by Crippen LogP contribution is 2.17. The van der Waals surface area contributed by atoms with Gasteiger partial charge < -0.3 is 5.32 Å². The van der Waals surface area contributed by atoms with E-state index in [4.69, 9.17) is 0 Å². The monoisotopic (exact) mass is 365 g/mol. The number of nitrogens with zero attached hydrogens (tertiary/aromatic N) is 2. The lowest BCUT2D eigenvalue weighted by Crippen LogP contribution is -2.49. The zero-order valence-electron chi connectivity index (χ0n) is 16.3. The molecule has 1 heterocycles. The molecule has 1 N–H and O–H groups in total. The zero-order valence-corrected chi connectivity index (χ0v) is 16.3. The van der Waals surface area contributed by atoms with Gasteiger partial charge in [-0.1, -0.05) is 67.6 Å². The van der Waals surface area contributed by atoms with Crippen LogP contribution in [0, 0.1) is 0 Å². The Labute approximate surface area is 163 Å². The molecule has 2 aromatic carbocycles. The lowest BCUT2D eigenvalue weighted by Gasteiger charge is -2.34. The van der Waals surface area contributed by atoms with Crippen molar-refractivity contribution in [1.82, 2.24) is 15.1 Å². The third kappa shape index (κ3) is 6.19. The summed E-state index contributed by atoms with van der Waals surface area (Å²) in [4.78, 5) is 17.1. The molecule has 0 saturated carbocycles. The summed E-state index contributed by atoms with van der Waals surface area (Å²) < 4.78 is 0. The van der Waals surface area contributed by atoms with Gasteiger partial charge in [0.1, 0.15) is 0 Å². The molecule has 144 valence electrons. The Kier molecular flexibility index (Phi) is 7.43. The number of hydrogen-bond acceptors (Lipinski definition) is 3. The second-order valence-corrected chi connectivity index (χ2v) is 7.36. The lowest BCUT2D eigenvalue weighted by molar-refractivity contribution is -0.122. The molecule has 1 fully saturated rings. The second kappa shape index (κ2) is 10.2. The maximum atomic E-state index is 12.4. The van der Waals surface area contributed by atoms with Gasteiger partial charge >= 0.3 is 0 Å². The van der Waals surface area contributed by atoms with Gasteiger partial charge in [0.05, 0.1) is 6.54 Å². The van der Waals surface area contributed by atoms with Crippen LogP contribution in [0.5, 0.6) is 0 Å². The number of rotatable bonds is 8. The van der Waals surface area contributed by atoms with Gasteiger partial charge in [-0.3, -0.25) is 14.6 Å². The van der Waals surface area contributed by atoms with E-state index in [9.17, 15) is 4.79 Å². The molecule has 0 aliphatic carbocycles. The van der Waals surface area contributed by atoms with Crippen molar-refractivity contribution < 1.29 is 4.79 Å². The number of carbonyl (C=O) groups excluding carboxylic acids is 1. The van der Waals surface area contributed by atoms with Crippen molar-refractivity contribution in [2.45, 2.75) is 25.8 Å². The first-order chi connectivity index (χ1) is 13.2. The lowest BCUT2D eigenvalue weighted by atomic mass is 9.96. The van der Waals surface area contributed by atoms with E-state index in [0.717, 1.165) is 39.1 Å². The molecule has 0 spiro atoms. The predicted molar refractivity (Wildman–Crippen MR) is 111 cm³/mol. The Bertz CT molecular complexity index is 681. The highest BCUT2D eigenvalue weighted by molar-refractivity contribution is 5.78. The van der Waals surface area contributed by atoms with E-state index in [1.54, 1.807) is 0 Å². The van der Waals surface area contributed by atoms with Crippen LogP contribution < -0.4 is 5.32 Å². The normalized spacial score (nSPS) is 16.8. The van der Waals surface area contributed by atoms with E-state index in [2.05, 4.69) is 76.6 Å². The molecule has 1 saturated heterocycles. The maximum absolute atomic E-state index is 12.4. The summed E-state index contributed by atoms with van der Waals surface area (Å²) in [6, 6.07) is 21.0. The molecule has 0 radical (unpaired) electrons. The van der Waals surface area contributed by atoms with Crippen molar-refractivity contribution in [1.29, 1.82) is 0 Å². The minimum absolute atomic E-state index is 0.140. The van der Waals surface area contributed by atoms with Crippen molar-refractivity contribution in [3.05, 3.63) is 71.8 Å². The van der Waals surface area contributed by atoms with E-state index in [1.165, 1.54) is 11.1 Å². The molecule has 4 heteroatoms. The Hall–Kier alpha value is -2.17. The Morgan fingerprint density at radius 2 is 1.52 bits per heavy atom. The van der Waals surface area contributed by atoms with E-state index in [-0.39, 0.29) is 5.91 Å². The predicted octanol–water partition coefficient (Wildman–Crippen LogP) is 3.11. The summed E-state index contributed by atoms with van der Waals surface area (Å²) in [7, 11) is 0. The molecule has 0 unspecified atom stereocenters. The van der Waals surface area contributed by atoms with Crippen LogP contribution in [0.2, 0.25) is 0 Å².